The first-order chi connectivity index (χ1) is 28.9. The lowest BCUT2D eigenvalue weighted by Gasteiger charge is -2.19. The maximum atomic E-state index is 11.1. The van der Waals surface area contributed by atoms with Gasteiger partial charge in [0, 0.05) is 19.6 Å². The quantitative estimate of drug-likeness (QED) is 0.0355. The van der Waals surface area contributed by atoms with Gasteiger partial charge in [0.2, 0.25) is 0 Å². The molecule has 0 heterocycles. The van der Waals surface area contributed by atoms with E-state index >= 15 is 0 Å². The summed E-state index contributed by atoms with van der Waals surface area (Å²) in [5, 5.41) is 20.1. The number of esters is 1. The Morgan fingerprint density at radius 1 is 0.576 bits per heavy atom. The first kappa shape index (κ1) is 66.1. The van der Waals surface area contributed by atoms with Gasteiger partial charge in [-0.3, -0.25) is 4.79 Å². The summed E-state index contributed by atoms with van der Waals surface area (Å²) in [5.41, 5.74) is 0. The van der Waals surface area contributed by atoms with Gasteiger partial charge in [0.1, 0.15) is 12.9 Å². The van der Waals surface area contributed by atoms with Gasteiger partial charge in [-0.2, -0.15) is 0 Å². The number of hydrogen-bond donors (Lipinski definition) is 3. The van der Waals surface area contributed by atoms with E-state index in [9.17, 15) is 4.79 Å². The van der Waals surface area contributed by atoms with Gasteiger partial charge in [0.25, 0.3) is 0 Å². The Bertz CT molecular complexity index is 855. The second-order valence-corrected chi connectivity index (χ2v) is 15.4. The van der Waals surface area contributed by atoms with Gasteiger partial charge in [-0.1, -0.05) is 193 Å². The predicted octanol–water partition coefficient (Wildman–Crippen LogP) is 15.4. The van der Waals surface area contributed by atoms with Gasteiger partial charge >= 0.3 is 5.97 Å². The Balaban J connectivity index is -0.000000236. The Morgan fingerprint density at radius 2 is 0.932 bits per heavy atom. The third-order valence-electron chi connectivity index (χ3n) is 10.2. The molecule has 1 saturated carbocycles. The molecule has 1 aliphatic carbocycles. The van der Waals surface area contributed by atoms with Crippen molar-refractivity contribution in [1.29, 1.82) is 0 Å². The molecule has 0 spiro atoms. The zero-order chi connectivity index (χ0) is 45.3. The topological polar surface area (TPSA) is 95.9 Å². The number of nitrogens with one attached hydrogen (secondary N) is 1. The zero-order valence-electron chi connectivity index (χ0n) is 41.1. The first-order valence-electron chi connectivity index (χ1n) is 24.8. The molecule has 0 aromatic carbocycles. The van der Waals surface area contributed by atoms with E-state index in [1.807, 2.05) is 41.7 Å². The lowest BCUT2D eigenvalue weighted by atomic mass is 9.94. The molecule has 0 radical (unpaired) electrons. The van der Waals surface area contributed by atoms with Crippen molar-refractivity contribution < 1.29 is 24.5 Å². The average Bonchev–Trinajstić information content (AvgIpc) is 3.62. The molecule has 1 fully saturated rings. The molecule has 59 heavy (non-hydrogen) atoms. The average molecular weight is 836 g/mol. The molecule has 0 aromatic rings. The fourth-order valence-electron chi connectivity index (χ4n) is 6.65. The van der Waals surface area contributed by atoms with Crippen molar-refractivity contribution in [3.05, 3.63) is 48.6 Å². The molecular formula is C53H105NO5. The van der Waals surface area contributed by atoms with Crippen molar-refractivity contribution in [3.8, 4) is 0 Å². The molecule has 1 aliphatic rings. The third kappa shape index (κ3) is 60.4. The van der Waals surface area contributed by atoms with Crippen molar-refractivity contribution in [2.45, 2.75) is 241 Å². The van der Waals surface area contributed by atoms with E-state index in [0.29, 0.717) is 25.6 Å². The minimum atomic E-state index is -0.0476. The van der Waals surface area contributed by atoms with Gasteiger partial charge < -0.3 is 25.1 Å². The summed E-state index contributed by atoms with van der Waals surface area (Å²) in [6.07, 6.45) is 54.2. The third-order valence-corrected chi connectivity index (χ3v) is 10.2. The van der Waals surface area contributed by atoms with Crippen molar-refractivity contribution in [1.82, 2.24) is 5.32 Å². The molecular weight excluding hydrogens is 731 g/mol. The largest absolute Gasteiger partial charge is 0.462 e. The fraction of sp³-hybridized carbons (Fsp3) is 0.811. The molecule has 0 aromatic heterocycles. The first-order valence-corrected chi connectivity index (χ1v) is 24.8. The van der Waals surface area contributed by atoms with Crippen LogP contribution < -0.4 is 5.32 Å². The molecule has 3 N–H and O–H groups in total. The Hall–Kier alpha value is -2.02. The number of unbranched alkanes of at least 4 members (excludes halogenated alkanes) is 19. The minimum absolute atomic E-state index is 0.0476. The van der Waals surface area contributed by atoms with Crippen LogP contribution in [0.1, 0.15) is 235 Å². The molecule has 352 valence electrons. The van der Waals surface area contributed by atoms with Gasteiger partial charge in [0.05, 0.1) is 0 Å². The smallest absolute Gasteiger partial charge is 0.305 e. The van der Waals surface area contributed by atoms with E-state index in [2.05, 4.69) is 81.6 Å². The van der Waals surface area contributed by atoms with E-state index < -0.39 is 0 Å². The molecule has 3 unspecified atom stereocenters. The van der Waals surface area contributed by atoms with E-state index in [4.69, 9.17) is 19.7 Å². The highest BCUT2D eigenvalue weighted by Gasteiger charge is 2.33. The number of allylic oxidation sites excluding steroid dienone is 8. The molecule has 0 saturated heterocycles. The summed E-state index contributed by atoms with van der Waals surface area (Å²) in [6.45, 7) is 17.4. The molecule has 1 rings (SSSR count). The Morgan fingerprint density at radius 3 is 1.25 bits per heavy atom. The summed E-state index contributed by atoms with van der Waals surface area (Å²) in [6, 6.07) is 0. The predicted molar refractivity (Wildman–Crippen MR) is 263 cm³/mol. The maximum absolute atomic E-state index is 11.1. The second kappa shape index (κ2) is 65.1. The molecule has 6 nitrogen and oxygen atoms in total. The zero-order valence-corrected chi connectivity index (χ0v) is 41.1. The van der Waals surface area contributed by atoms with Crippen LogP contribution in [0, 0.1) is 11.8 Å². The number of aliphatic hydroxyl groups is 2. The number of rotatable bonds is 32. The van der Waals surface area contributed by atoms with Crippen LogP contribution in [-0.2, 0) is 14.3 Å². The van der Waals surface area contributed by atoms with Gasteiger partial charge in [-0.15, -0.1) is 0 Å². The SMILES string of the molecule is C=O.CC.CC/C=C\C/C=C\CCCCCCCCO.CCC(=O)OC1CCC(CC)C1C.CCCCC/C=C\C/C=C\CCCCCCCCCCCCO.CNC. The van der Waals surface area contributed by atoms with Crippen molar-refractivity contribution in [2.75, 3.05) is 27.3 Å². The van der Waals surface area contributed by atoms with Crippen LogP contribution in [0.5, 0.6) is 0 Å². The highest BCUT2D eigenvalue weighted by molar-refractivity contribution is 5.69. The Kier molecular flexibility index (Phi) is 72.9. The highest BCUT2D eigenvalue weighted by Crippen LogP contribution is 2.35. The van der Waals surface area contributed by atoms with E-state index in [1.165, 1.54) is 141 Å². The standard InChI is InChI=1S/C22H42O.C15H28O.C11H20O2.C2H7N.C2H6.CH2O/c1-2-3-4-5-6-7-8-9-10-11-12-13-14-15-16-17-18-19-20-21-22-23;1-2-3-4-5-6-7-8-9-10-11-12-13-14-15-16;1-4-9-6-7-10(8(9)3)13-11(12)5-2;1-3-2;2*1-2/h6-7,9-10,23H,2-5,8,11-22H2,1H3;3-4,6-7,16H,2,5,8-15H2,1H3;8-10H,4-7H2,1-3H3;3H,1-2H3;1-2H3;1H2/b7-6-,10-9-;4-3-,7-6-;;;;. The fourth-order valence-corrected chi connectivity index (χ4v) is 6.65. The number of hydrogen-bond acceptors (Lipinski definition) is 6. The van der Waals surface area contributed by atoms with Crippen LogP contribution in [0.15, 0.2) is 48.6 Å². The van der Waals surface area contributed by atoms with Crippen molar-refractivity contribution in [3.63, 3.8) is 0 Å². The molecule has 6 heteroatoms. The summed E-state index contributed by atoms with van der Waals surface area (Å²) >= 11 is 0. The van der Waals surface area contributed by atoms with Crippen LogP contribution in [-0.4, -0.2) is 56.4 Å². The lowest BCUT2D eigenvalue weighted by molar-refractivity contribution is -0.150. The van der Waals surface area contributed by atoms with Crippen LogP contribution in [0.3, 0.4) is 0 Å². The summed E-state index contributed by atoms with van der Waals surface area (Å²) in [7, 11) is 3.75. The van der Waals surface area contributed by atoms with Crippen molar-refractivity contribution >= 4 is 12.8 Å². The number of carbonyl (C=O) groups excluding carboxylic acids is 2. The molecule has 0 bridgehead atoms. The highest BCUT2D eigenvalue weighted by atomic mass is 16.5. The molecule has 0 amide bonds. The summed E-state index contributed by atoms with van der Waals surface area (Å²) in [4.78, 5) is 19.1. The normalized spacial score (nSPS) is 15.7. The van der Waals surface area contributed by atoms with Crippen LogP contribution in [0.25, 0.3) is 0 Å². The number of aliphatic hydroxyl groups excluding tert-OH is 2. The van der Waals surface area contributed by atoms with Crippen LogP contribution >= 0.6 is 0 Å². The van der Waals surface area contributed by atoms with Crippen LogP contribution in [0.2, 0.25) is 0 Å². The van der Waals surface area contributed by atoms with E-state index in [1.54, 1.807) is 0 Å². The number of carbonyl (C=O) groups is 2. The van der Waals surface area contributed by atoms with Gasteiger partial charge in [0.15, 0.2) is 0 Å². The monoisotopic (exact) mass is 836 g/mol. The van der Waals surface area contributed by atoms with Crippen LogP contribution in [0.4, 0.5) is 0 Å². The lowest BCUT2D eigenvalue weighted by Crippen LogP contribution is -2.22. The minimum Gasteiger partial charge on any atom is -0.462 e. The second-order valence-electron chi connectivity index (χ2n) is 15.4. The summed E-state index contributed by atoms with van der Waals surface area (Å²) in [5.74, 6) is 1.27. The van der Waals surface area contributed by atoms with Gasteiger partial charge in [-0.05, 0) is 109 Å². The van der Waals surface area contributed by atoms with Gasteiger partial charge in [-0.25, -0.2) is 0 Å². The summed E-state index contributed by atoms with van der Waals surface area (Å²) < 4.78 is 5.37. The molecule has 0 aliphatic heterocycles. The molecule has 3 atom stereocenters. The Labute approximate surface area is 370 Å². The maximum Gasteiger partial charge on any atom is 0.305 e. The van der Waals surface area contributed by atoms with Crippen molar-refractivity contribution in [2.24, 2.45) is 11.8 Å². The number of ether oxygens (including phenoxy) is 1. The van der Waals surface area contributed by atoms with E-state index in [0.717, 1.165) is 44.4 Å². The van der Waals surface area contributed by atoms with E-state index in [-0.39, 0.29) is 12.1 Å².